The van der Waals surface area contributed by atoms with Crippen LogP contribution >= 0.6 is 0 Å². The Morgan fingerprint density at radius 1 is 1.67 bits per heavy atom. The first-order chi connectivity index (χ1) is 5.52. The van der Waals surface area contributed by atoms with Crippen molar-refractivity contribution < 1.29 is 18.7 Å². The second-order valence-corrected chi connectivity index (χ2v) is 2.20. The molecule has 0 aliphatic carbocycles. The minimum Gasteiger partial charge on any atom is -0.475 e. The van der Waals surface area contributed by atoms with Gasteiger partial charge < -0.3 is 9.52 Å². The van der Waals surface area contributed by atoms with Gasteiger partial charge in [-0.3, -0.25) is 0 Å². The minimum atomic E-state index is -1.59. The molecule has 0 saturated carbocycles. The Kier molecular flexibility index (Phi) is 1.95. The van der Waals surface area contributed by atoms with Crippen LogP contribution in [0.4, 0.5) is 4.39 Å². The quantitative estimate of drug-likeness (QED) is 0.679. The SMILES string of the molecule is Cc1cc(=O)oc(C(=O)O)c1F. The molecule has 0 spiro atoms. The van der Waals surface area contributed by atoms with E-state index >= 15 is 0 Å². The summed E-state index contributed by atoms with van der Waals surface area (Å²) in [5, 5.41) is 8.34. The predicted molar refractivity (Wildman–Crippen MR) is 36.6 cm³/mol. The van der Waals surface area contributed by atoms with Crippen molar-refractivity contribution in [1.82, 2.24) is 0 Å². The molecule has 0 fully saturated rings. The van der Waals surface area contributed by atoms with Gasteiger partial charge in [-0.2, -0.15) is 0 Å². The van der Waals surface area contributed by atoms with Crippen molar-refractivity contribution in [1.29, 1.82) is 0 Å². The topological polar surface area (TPSA) is 67.5 Å². The highest BCUT2D eigenvalue weighted by Gasteiger charge is 2.16. The van der Waals surface area contributed by atoms with Crippen LogP contribution in [-0.4, -0.2) is 11.1 Å². The Bertz CT molecular complexity index is 379. The van der Waals surface area contributed by atoms with Crippen LogP contribution in [0.3, 0.4) is 0 Å². The first kappa shape index (κ1) is 8.45. The molecule has 0 saturated heterocycles. The van der Waals surface area contributed by atoms with Gasteiger partial charge in [-0.1, -0.05) is 0 Å². The molecular weight excluding hydrogens is 167 g/mol. The van der Waals surface area contributed by atoms with Gasteiger partial charge >= 0.3 is 11.6 Å². The van der Waals surface area contributed by atoms with Crippen molar-refractivity contribution in [3.63, 3.8) is 0 Å². The van der Waals surface area contributed by atoms with Crippen molar-refractivity contribution in [2.24, 2.45) is 0 Å². The lowest BCUT2D eigenvalue weighted by Gasteiger charge is -1.96. The van der Waals surface area contributed by atoms with Crippen molar-refractivity contribution in [3.05, 3.63) is 33.6 Å². The van der Waals surface area contributed by atoms with E-state index < -0.39 is 23.2 Å². The molecule has 0 atom stereocenters. The Balaban J connectivity index is 3.48. The third kappa shape index (κ3) is 1.34. The van der Waals surface area contributed by atoms with Gasteiger partial charge in [0.2, 0.25) is 0 Å². The summed E-state index contributed by atoms with van der Waals surface area (Å²) in [6, 6.07) is 0.891. The van der Waals surface area contributed by atoms with Crippen LogP contribution in [-0.2, 0) is 0 Å². The summed E-state index contributed by atoms with van der Waals surface area (Å²) in [7, 11) is 0. The van der Waals surface area contributed by atoms with Crippen molar-refractivity contribution >= 4 is 5.97 Å². The summed E-state index contributed by atoms with van der Waals surface area (Å²) >= 11 is 0. The van der Waals surface area contributed by atoms with Crippen LogP contribution in [0.15, 0.2) is 15.3 Å². The first-order valence-electron chi connectivity index (χ1n) is 3.06. The number of aryl methyl sites for hydroxylation is 1. The van der Waals surface area contributed by atoms with E-state index in [4.69, 9.17) is 5.11 Å². The zero-order valence-electron chi connectivity index (χ0n) is 6.13. The van der Waals surface area contributed by atoms with Crippen molar-refractivity contribution in [2.45, 2.75) is 6.92 Å². The molecule has 64 valence electrons. The summed E-state index contributed by atoms with van der Waals surface area (Å²) in [5.74, 6) is -3.55. The fourth-order valence-corrected chi connectivity index (χ4v) is 0.732. The van der Waals surface area contributed by atoms with Gasteiger partial charge in [0.15, 0.2) is 5.82 Å². The lowest BCUT2D eigenvalue weighted by atomic mass is 10.2. The van der Waals surface area contributed by atoms with E-state index in [9.17, 15) is 14.0 Å². The third-order valence-electron chi connectivity index (χ3n) is 1.28. The molecule has 12 heavy (non-hydrogen) atoms. The van der Waals surface area contributed by atoms with E-state index in [2.05, 4.69) is 4.42 Å². The highest BCUT2D eigenvalue weighted by molar-refractivity contribution is 5.84. The monoisotopic (exact) mass is 172 g/mol. The maximum absolute atomic E-state index is 12.8. The highest BCUT2D eigenvalue weighted by Crippen LogP contribution is 2.08. The van der Waals surface area contributed by atoms with Crippen molar-refractivity contribution in [2.75, 3.05) is 0 Å². The molecule has 0 aliphatic heterocycles. The maximum Gasteiger partial charge on any atom is 0.375 e. The Hall–Kier alpha value is -1.65. The second-order valence-electron chi connectivity index (χ2n) is 2.20. The van der Waals surface area contributed by atoms with Gasteiger partial charge in [-0.25, -0.2) is 14.0 Å². The van der Waals surface area contributed by atoms with Crippen LogP contribution in [0.25, 0.3) is 0 Å². The zero-order valence-corrected chi connectivity index (χ0v) is 6.13. The number of carbonyl (C=O) groups is 1. The van der Waals surface area contributed by atoms with Gasteiger partial charge in [0, 0.05) is 6.07 Å². The van der Waals surface area contributed by atoms with E-state index in [0.29, 0.717) is 0 Å². The average molecular weight is 172 g/mol. The number of carboxylic acids is 1. The molecule has 0 unspecified atom stereocenters. The van der Waals surface area contributed by atoms with Crippen LogP contribution in [0.2, 0.25) is 0 Å². The second kappa shape index (κ2) is 2.77. The maximum atomic E-state index is 12.8. The normalized spacial score (nSPS) is 9.83. The van der Waals surface area contributed by atoms with Crippen LogP contribution < -0.4 is 5.63 Å². The number of halogens is 1. The number of hydrogen-bond donors (Lipinski definition) is 1. The number of hydrogen-bond acceptors (Lipinski definition) is 3. The lowest BCUT2D eigenvalue weighted by molar-refractivity contribution is 0.0647. The summed E-state index contributed by atoms with van der Waals surface area (Å²) in [4.78, 5) is 20.8. The van der Waals surface area contributed by atoms with Gasteiger partial charge in [-0.05, 0) is 12.5 Å². The van der Waals surface area contributed by atoms with Gasteiger partial charge in [0.05, 0.1) is 0 Å². The fraction of sp³-hybridized carbons (Fsp3) is 0.143. The average Bonchev–Trinajstić information content (AvgIpc) is 1.96. The zero-order chi connectivity index (χ0) is 9.30. The molecule has 0 aromatic carbocycles. The van der Waals surface area contributed by atoms with E-state index in [-0.39, 0.29) is 5.56 Å². The standard InChI is InChI=1S/C7H5FO4/c1-3-2-4(9)12-6(5(3)8)7(10)11/h2H,1H3,(H,10,11). The van der Waals surface area contributed by atoms with E-state index in [0.717, 1.165) is 6.07 Å². The summed E-state index contributed by atoms with van der Waals surface area (Å²) in [6.07, 6.45) is 0. The van der Waals surface area contributed by atoms with Crippen molar-refractivity contribution in [3.8, 4) is 0 Å². The van der Waals surface area contributed by atoms with Gasteiger partial charge in [0.25, 0.3) is 5.76 Å². The van der Waals surface area contributed by atoms with Crippen LogP contribution in [0, 0.1) is 12.7 Å². The Morgan fingerprint density at radius 2 is 2.25 bits per heavy atom. The molecule has 1 N–H and O–H groups in total. The number of aromatic carboxylic acids is 1. The van der Waals surface area contributed by atoms with E-state index in [1.54, 1.807) is 0 Å². The predicted octanol–water partition coefficient (Wildman–Crippen LogP) is 0.786. The minimum absolute atomic E-state index is 0.0383. The smallest absolute Gasteiger partial charge is 0.375 e. The first-order valence-corrected chi connectivity index (χ1v) is 3.06. The molecule has 1 rings (SSSR count). The molecule has 1 aromatic rings. The largest absolute Gasteiger partial charge is 0.475 e. The Morgan fingerprint density at radius 3 is 2.75 bits per heavy atom. The molecule has 1 heterocycles. The van der Waals surface area contributed by atoms with Crippen LogP contribution in [0.5, 0.6) is 0 Å². The molecule has 0 bridgehead atoms. The molecule has 0 amide bonds. The summed E-state index contributed by atoms with van der Waals surface area (Å²) in [5.41, 5.74) is -0.907. The Labute approximate surface area is 66.2 Å². The summed E-state index contributed by atoms with van der Waals surface area (Å²) < 4.78 is 16.9. The molecule has 0 radical (unpaired) electrons. The van der Waals surface area contributed by atoms with Crippen LogP contribution in [0.1, 0.15) is 16.1 Å². The van der Waals surface area contributed by atoms with Gasteiger partial charge in [0.1, 0.15) is 0 Å². The number of carboxylic acid groups (broad SMARTS) is 1. The molecule has 0 aliphatic rings. The van der Waals surface area contributed by atoms with E-state index in [1.165, 1.54) is 6.92 Å². The highest BCUT2D eigenvalue weighted by atomic mass is 19.1. The summed E-state index contributed by atoms with van der Waals surface area (Å²) in [6.45, 7) is 1.29. The molecular formula is C7H5FO4. The molecule has 1 aromatic heterocycles. The van der Waals surface area contributed by atoms with Gasteiger partial charge in [-0.15, -0.1) is 0 Å². The number of rotatable bonds is 1. The fourth-order valence-electron chi connectivity index (χ4n) is 0.732. The molecule has 4 nitrogen and oxygen atoms in total. The molecule has 5 heteroatoms. The third-order valence-corrected chi connectivity index (χ3v) is 1.28. The lowest BCUT2D eigenvalue weighted by Crippen LogP contribution is -2.09. The van der Waals surface area contributed by atoms with E-state index in [1.807, 2.05) is 0 Å².